The summed E-state index contributed by atoms with van der Waals surface area (Å²) in [5.41, 5.74) is 3.58. The first-order valence-corrected chi connectivity index (χ1v) is 9.78. The molecule has 1 heterocycles. The lowest BCUT2D eigenvalue weighted by molar-refractivity contribution is 0.0929. The highest BCUT2D eigenvalue weighted by molar-refractivity contribution is 9.13. The summed E-state index contributed by atoms with van der Waals surface area (Å²) in [6, 6.07) is 8.54. The SMILES string of the molecule is CCOc1ccc2oc(C(=O)N/N=C/c3cc(OC)c(O)c(Br)c3Br)cc2c1. The first-order valence-electron chi connectivity index (χ1n) is 8.19. The Kier molecular flexibility index (Phi) is 6.25. The maximum atomic E-state index is 12.3. The van der Waals surface area contributed by atoms with Crippen molar-refractivity contribution in [1.29, 1.82) is 0 Å². The fourth-order valence-corrected chi connectivity index (χ4v) is 3.30. The van der Waals surface area contributed by atoms with Crippen molar-refractivity contribution in [3.63, 3.8) is 0 Å². The third kappa shape index (κ3) is 4.15. The van der Waals surface area contributed by atoms with Gasteiger partial charge in [0.15, 0.2) is 17.3 Å². The second-order valence-corrected chi connectivity index (χ2v) is 7.17. The van der Waals surface area contributed by atoms with Crippen LogP contribution in [0.15, 0.2) is 48.8 Å². The second kappa shape index (κ2) is 8.66. The number of aromatic hydroxyl groups is 1. The number of ether oxygens (including phenoxy) is 2. The van der Waals surface area contributed by atoms with Crippen LogP contribution in [0.25, 0.3) is 11.0 Å². The van der Waals surface area contributed by atoms with E-state index in [0.717, 1.165) is 5.39 Å². The van der Waals surface area contributed by atoms with Crippen LogP contribution in [0.4, 0.5) is 0 Å². The van der Waals surface area contributed by atoms with Crippen molar-refractivity contribution in [2.24, 2.45) is 5.10 Å². The maximum Gasteiger partial charge on any atom is 0.307 e. The Morgan fingerprint density at radius 1 is 1.29 bits per heavy atom. The van der Waals surface area contributed by atoms with Crippen LogP contribution < -0.4 is 14.9 Å². The van der Waals surface area contributed by atoms with E-state index in [2.05, 4.69) is 42.4 Å². The van der Waals surface area contributed by atoms with Gasteiger partial charge < -0.3 is 19.0 Å². The van der Waals surface area contributed by atoms with Gasteiger partial charge in [-0.2, -0.15) is 5.10 Å². The summed E-state index contributed by atoms with van der Waals surface area (Å²) >= 11 is 6.62. The Morgan fingerprint density at radius 3 is 2.79 bits per heavy atom. The monoisotopic (exact) mass is 510 g/mol. The summed E-state index contributed by atoms with van der Waals surface area (Å²) in [5.74, 6) is 0.572. The molecule has 1 aromatic heterocycles. The van der Waals surface area contributed by atoms with E-state index >= 15 is 0 Å². The number of phenols is 1. The van der Waals surface area contributed by atoms with Crippen LogP contribution in [0.2, 0.25) is 0 Å². The third-order valence-electron chi connectivity index (χ3n) is 3.79. The maximum absolute atomic E-state index is 12.3. The van der Waals surface area contributed by atoms with Crippen LogP contribution in [0, 0.1) is 0 Å². The van der Waals surface area contributed by atoms with E-state index in [1.54, 1.807) is 30.3 Å². The highest BCUT2D eigenvalue weighted by Gasteiger charge is 2.15. The summed E-state index contributed by atoms with van der Waals surface area (Å²) in [4.78, 5) is 12.3. The number of methoxy groups -OCH3 is 1. The van der Waals surface area contributed by atoms with Gasteiger partial charge in [0.05, 0.1) is 24.4 Å². The lowest BCUT2D eigenvalue weighted by atomic mass is 10.2. The molecule has 0 bridgehead atoms. The molecule has 9 heteroatoms. The predicted molar refractivity (Wildman–Crippen MR) is 113 cm³/mol. The van der Waals surface area contributed by atoms with Gasteiger partial charge >= 0.3 is 5.91 Å². The van der Waals surface area contributed by atoms with Gasteiger partial charge in [-0.05, 0) is 69.1 Å². The van der Waals surface area contributed by atoms with Gasteiger partial charge in [0, 0.05) is 15.4 Å². The van der Waals surface area contributed by atoms with E-state index in [1.807, 2.05) is 6.92 Å². The standard InChI is InChI=1S/C19H16Br2N2O5/c1-3-27-12-4-5-13-10(6-12)7-15(28-13)19(25)23-22-9-11-8-14(26-2)18(24)17(21)16(11)20/h4-9,24H,3H2,1-2H3,(H,23,25)/b22-9+. The van der Waals surface area contributed by atoms with E-state index in [9.17, 15) is 9.90 Å². The van der Waals surface area contributed by atoms with Crippen molar-refractivity contribution >= 4 is 55.0 Å². The number of carbonyl (C=O) groups excluding carboxylic acids is 1. The third-order valence-corrected chi connectivity index (χ3v) is 5.94. The first kappa shape index (κ1) is 20.2. The highest BCUT2D eigenvalue weighted by atomic mass is 79.9. The summed E-state index contributed by atoms with van der Waals surface area (Å²) in [7, 11) is 1.44. The normalized spacial score (nSPS) is 11.1. The van der Waals surface area contributed by atoms with Crippen LogP contribution in [0.1, 0.15) is 23.0 Å². The van der Waals surface area contributed by atoms with Gasteiger partial charge in [-0.1, -0.05) is 0 Å². The molecule has 1 amide bonds. The fourth-order valence-electron chi connectivity index (χ4n) is 2.47. The molecule has 2 aromatic carbocycles. The van der Waals surface area contributed by atoms with Gasteiger partial charge in [0.1, 0.15) is 11.3 Å². The van der Waals surface area contributed by atoms with Crippen molar-refractivity contribution in [1.82, 2.24) is 5.43 Å². The molecule has 0 aliphatic carbocycles. The van der Waals surface area contributed by atoms with Crippen LogP contribution in [-0.4, -0.2) is 30.9 Å². The minimum atomic E-state index is -0.494. The number of hydrogen-bond acceptors (Lipinski definition) is 6. The number of nitrogens with zero attached hydrogens (tertiary/aromatic N) is 1. The Balaban J connectivity index is 1.77. The Morgan fingerprint density at radius 2 is 2.07 bits per heavy atom. The van der Waals surface area contributed by atoms with E-state index in [4.69, 9.17) is 13.9 Å². The highest BCUT2D eigenvalue weighted by Crippen LogP contribution is 2.41. The number of hydrazone groups is 1. The number of halogens is 2. The molecule has 0 unspecified atom stereocenters. The average Bonchev–Trinajstić information content (AvgIpc) is 3.11. The Hall–Kier alpha value is -2.52. The molecular formula is C19H16Br2N2O5. The second-order valence-electron chi connectivity index (χ2n) is 5.59. The molecule has 3 rings (SSSR count). The lowest BCUT2D eigenvalue weighted by Crippen LogP contribution is -2.16. The molecule has 0 spiro atoms. The molecule has 2 N–H and O–H groups in total. The van der Waals surface area contributed by atoms with Gasteiger partial charge in [-0.15, -0.1) is 0 Å². The van der Waals surface area contributed by atoms with Crippen molar-refractivity contribution in [3.8, 4) is 17.2 Å². The van der Waals surface area contributed by atoms with Crippen LogP contribution in [0.3, 0.4) is 0 Å². The zero-order valence-corrected chi connectivity index (χ0v) is 18.1. The summed E-state index contributed by atoms with van der Waals surface area (Å²) in [5, 5.41) is 14.7. The smallest absolute Gasteiger partial charge is 0.307 e. The molecule has 146 valence electrons. The van der Waals surface area contributed by atoms with E-state index in [1.165, 1.54) is 13.3 Å². The fraction of sp³-hybridized carbons (Fsp3) is 0.158. The van der Waals surface area contributed by atoms with Gasteiger partial charge in [0.2, 0.25) is 0 Å². The van der Waals surface area contributed by atoms with Crippen LogP contribution in [-0.2, 0) is 0 Å². The first-order chi connectivity index (χ1) is 13.4. The van der Waals surface area contributed by atoms with E-state index in [-0.39, 0.29) is 17.3 Å². The van der Waals surface area contributed by atoms with Crippen molar-refractivity contribution in [2.45, 2.75) is 6.92 Å². The van der Waals surface area contributed by atoms with Gasteiger partial charge in [-0.3, -0.25) is 4.79 Å². The number of benzene rings is 2. The van der Waals surface area contributed by atoms with E-state index < -0.39 is 5.91 Å². The molecule has 0 aliphatic heterocycles. The number of carbonyl (C=O) groups is 1. The quantitative estimate of drug-likeness (QED) is 0.365. The predicted octanol–water partition coefficient (Wildman–Crippen LogP) is 4.83. The molecule has 3 aromatic rings. The molecule has 0 saturated heterocycles. The zero-order chi connectivity index (χ0) is 20.3. The van der Waals surface area contributed by atoms with Crippen molar-refractivity contribution < 1.29 is 23.8 Å². The number of amides is 1. The number of furan rings is 1. The molecule has 0 radical (unpaired) electrons. The average molecular weight is 512 g/mol. The van der Waals surface area contributed by atoms with Gasteiger partial charge in [-0.25, -0.2) is 5.43 Å². The molecule has 0 saturated carbocycles. The van der Waals surface area contributed by atoms with Crippen LogP contribution in [0.5, 0.6) is 17.2 Å². The number of fused-ring (bicyclic) bond motifs is 1. The van der Waals surface area contributed by atoms with Crippen molar-refractivity contribution in [3.05, 3.63) is 50.6 Å². The van der Waals surface area contributed by atoms with Gasteiger partial charge in [0.25, 0.3) is 0 Å². The summed E-state index contributed by atoms with van der Waals surface area (Å²) in [6.45, 7) is 2.45. The number of rotatable bonds is 6. The topological polar surface area (TPSA) is 93.3 Å². The summed E-state index contributed by atoms with van der Waals surface area (Å²) < 4.78 is 17.1. The molecular weight excluding hydrogens is 496 g/mol. The van der Waals surface area contributed by atoms with Crippen LogP contribution >= 0.6 is 31.9 Å². The number of phenolic OH excluding ortho intramolecular Hbond substituents is 1. The zero-order valence-electron chi connectivity index (χ0n) is 15.0. The Bertz CT molecular complexity index is 1060. The Labute approximate surface area is 177 Å². The largest absolute Gasteiger partial charge is 0.503 e. The number of hydrogen-bond donors (Lipinski definition) is 2. The summed E-state index contributed by atoms with van der Waals surface area (Å²) in [6.07, 6.45) is 1.42. The van der Waals surface area contributed by atoms with E-state index in [0.29, 0.717) is 32.4 Å². The molecule has 0 atom stereocenters. The van der Waals surface area contributed by atoms with Crippen molar-refractivity contribution in [2.75, 3.05) is 13.7 Å². The number of nitrogens with one attached hydrogen (secondary N) is 1. The molecule has 28 heavy (non-hydrogen) atoms. The molecule has 0 fully saturated rings. The lowest BCUT2D eigenvalue weighted by Gasteiger charge is -2.09. The minimum Gasteiger partial charge on any atom is -0.503 e. The molecule has 7 nitrogen and oxygen atoms in total. The molecule has 0 aliphatic rings. The minimum absolute atomic E-state index is 0.0377.